The molecule has 8 nitrogen and oxygen atoms in total. The molecule has 0 aliphatic rings. The molecule has 3 N–H and O–H groups in total. The van der Waals surface area contributed by atoms with Crippen LogP contribution in [-0.2, 0) is 14.1 Å². The summed E-state index contributed by atoms with van der Waals surface area (Å²) in [5.74, 6) is 0.137. The maximum Gasteiger partial charge on any atom is 0.346 e. The van der Waals surface area contributed by atoms with Crippen molar-refractivity contribution < 1.29 is 5.11 Å². The highest BCUT2D eigenvalue weighted by Gasteiger charge is 2.07. The Morgan fingerprint density at radius 3 is 2.61 bits per heavy atom. The zero-order valence-electron chi connectivity index (χ0n) is 10.8. The summed E-state index contributed by atoms with van der Waals surface area (Å²) >= 11 is 0. The van der Waals surface area contributed by atoms with Crippen LogP contribution in [0.1, 0.15) is 6.92 Å². The second-order valence-corrected chi connectivity index (χ2v) is 4.10. The number of nitrogens with one attached hydrogen (secondary N) is 2. The van der Waals surface area contributed by atoms with Gasteiger partial charge in [-0.25, -0.2) is 9.48 Å². The van der Waals surface area contributed by atoms with E-state index in [9.17, 15) is 9.59 Å². The summed E-state index contributed by atoms with van der Waals surface area (Å²) < 4.78 is 2.10. The van der Waals surface area contributed by atoms with Gasteiger partial charge in [0.15, 0.2) is 0 Å². The molecular weight excluding hydrogens is 238 g/mol. The van der Waals surface area contributed by atoms with Crippen LogP contribution in [0.15, 0.2) is 9.59 Å². The Labute approximate surface area is 104 Å². The number of nitrogens with zero attached hydrogens (tertiary/aromatic N) is 3. The lowest BCUT2D eigenvalue weighted by Crippen LogP contribution is -2.40. The van der Waals surface area contributed by atoms with Gasteiger partial charge in [-0.15, -0.1) is 5.10 Å². The molecule has 1 atom stereocenters. The lowest BCUT2D eigenvalue weighted by Gasteiger charge is -2.09. The molecule has 1 rings (SSSR count). The first-order valence-corrected chi connectivity index (χ1v) is 5.70. The first kappa shape index (κ1) is 14.4. The lowest BCUT2D eigenvalue weighted by atomic mass is 10.4. The van der Waals surface area contributed by atoms with Crippen LogP contribution in [0.2, 0.25) is 0 Å². The molecule has 0 bridgehead atoms. The van der Waals surface area contributed by atoms with Crippen LogP contribution < -0.4 is 21.9 Å². The molecule has 0 aromatic carbocycles. The summed E-state index contributed by atoms with van der Waals surface area (Å²) in [7, 11) is 2.89. The van der Waals surface area contributed by atoms with Crippen molar-refractivity contribution in [3.8, 4) is 0 Å². The highest BCUT2D eigenvalue weighted by atomic mass is 16.3. The number of aryl methyl sites for hydroxylation is 1. The average Bonchev–Trinajstić information content (AvgIpc) is 2.32. The molecule has 18 heavy (non-hydrogen) atoms. The molecular formula is C10H19N5O3. The largest absolute Gasteiger partial charge is 0.392 e. The molecule has 0 amide bonds. The highest BCUT2D eigenvalue weighted by Crippen LogP contribution is 1.87. The Kier molecular flexibility index (Phi) is 5.05. The molecule has 0 saturated carbocycles. The van der Waals surface area contributed by atoms with Crippen molar-refractivity contribution in [1.82, 2.24) is 19.7 Å². The lowest BCUT2D eigenvalue weighted by molar-refractivity contribution is 0.192. The minimum absolute atomic E-state index is 0.137. The summed E-state index contributed by atoms with van der Waals surface area (Å²) in [4.78, 5) is 23.1. The van der Waals surface area contributed by atoms with Gasteiger partial charge in [0.2, 0.25) is 5.82 Å². The van der Waals surface area contributed by atoms with Gasteiger partial charge >= 0.3 is 5.69 Å². The van der Waals surface area contributed by atoms with Crippen molar-refractivity contribution >= 4 is 5.82 Å². The van der Waals surface area contributed by atoms with Crippen LogP contribution in [0, 0.1) is 0 Å². The van der Waals surface area contributed by atoms with Gasteiger partial charge in [0, 0.05) is 33.7 Å². The van der Waals surface area contributed by atoms with Crippen molar-refractivity contribution in [2.75, 3.05) is 25.0 Å². The molecule has 0 spiro atoms. The fourth-order valence-corrected chi connectivity index (χ4v) is 1.39. The summed E-state index contributed by atoms with van der Waals surface area (Å²) in [5.41, 5.74) is -0.911. The van der Waals surface area contributed by atoms with Gasteiger partial charge in [-0.05, 0) is 6.92 Å². The number of hydrogen-bond acceptors (Lipinski definition) is 6. The van der Waals surface area contributed by atoms with Gasteiger partial charge in [0.25, 0.3) is 5.56 Å². The van der Waals surface area contributed by atoms with Crippen molar-refractivity contribution in [3.63, 3.8) is 0 Å². The molecule has 1 aromatic rings. The summed E-state index contributed by atoms with van der Waals surface area (Å²) in [6, 6.07) is 0. The first-order valence-electron chi connectivity index (χ1n) is 5.70. The van der Waals surface area contributed by atoms with Gasteiger partial charge in [0.05, 0.1) is 6.10 Å². The topological polar surface area (TPSA) is 101 Å². The molecule has 0 radical (unpaired) electrons. The minimum atomic E-state index is -0.460. The van der Waals surface area contributed by atoms with Crippen molar-refractivity contribution in [2.45, 2.75) is 13.0 Å². The normalized spacial score (nSPS) is 12.4. The maximum atomic E-state index is 11.7. The minimum Gasteiger partial charge on any atom is -0.392 e. The Morgan fingerprint density at radius 2 is 2.00 bits per heavy atom. The van der Waals surface area contributed by atoms with E-state index in [0.717, 1.165) is 9.25 Å². The highest BCUT2D eigenvalue weighted by molar-refractivity contribution is 5.29. The van der Waals surface area contributed by atoms with Crippen LogP contribution in [0.4, 0.5) is 5.82 Å². The number of aliphatic hydroxyl groups is 1. The third-order valence-electron chi connectivity index (χ3n) is 2.35. The monoisotopic (exact) mass is 257 g/mol. The molecule has 102 valence electrons. The summed E-state index contributed by atoms with van der Waals surface area (Å²) in [6.45, 7) is 3.23. The molecule has 0 saturated heterocycles. The third kappa shape index (κ3) is 3.67. The zero-order valence-corrected chi connectivity index (χ0v) is 10.8. The van der Waals surface area contributed by atoms with Crippen molar-refractivity contribution in [2.24, 2.45) is 14.1 Å². The number of hydrogen-bond donors (Lipinski definition) is 3. The van der Waals surface area contributed by atoms with E-state index in [0.29, 0.717) is 19.6 Å². The molecule has 1 aromatic heterocycles. The van der Waals surface area contributed by atoms with E-state index in [4.69, 9.17) is 5.11 Å². The van der Waals surface area contributed by atoms with Gasteiger partial charge in [-0.2, -0.15) is 0 Å². The van der Waals surface area contributed by atoms with E-state index < -0.39 is 17.4 Å². The number of rotatable bonds is 6. The Balaban J connectivity index is 2.59. The van der Waals surface area contributed by atoms with Crippen LogP contribution in [-0.4, -0.2) is 45.2 Å². The van der Waals surface area contributed by atoms with E-state index in [-0.39, 0.29) is 5.82 Å². The molecule has 1 heterocycles. The number of aromatic nitrogens is 3. The molecule has 0 aliphatic heterocycles. The third-order valence-corrected chi connectivity index (χ3v) is 2.35. The fourth-order valence-electron chi connectivity index (χ4n) is 1.39. The Bertz CT molecular complexity index is 505. The predicted molar refractivity (Wildman–Crippen MR) is 67.8 cm³/mol. The predicted octanol–water partition coefficient (Wildman–Crippen LogP) is -2.14. The van der Waals surface area contributed by atoms with Crippen LogP contribution >= 0.6 is 0 Å². The van der Waals surface area contributed by atoms with Gasteiger partial charge in [-0.3, -0.25) is 9.36 Å². The molecule has 0 aliphatic carbocycles. The zero-order chi connectivity index (χ0) is 13.7. The quantitative estimate of drug-likeness (QED) is 0.503. The van der Waals surface area contributed by atoms with Crippen molar-refractivity contribution in [3.05, 3.63) is 20.8 Å². The number of anilines is 1. The van der Waals surface area contributed by atoms with E-state index in [1.54, 1.807) is 6.92 Å². The standard InChI is InChI=1S/C10H19N5O3/c1-7(16)6-11-4-5-12-8-9(17)14(2)10(18)15(3)13-8/h7,11,16H,4-6H2,1-3H3,(H,12,13). The fraction of sp³-hybridized carbons (Fsp3) is 0.700. The number of aliphatic hydroxyl groups excluding tert-OH is 1. The van der Waals surface area contributed by atoms with E-state index in [1.165, 1.54) is 14.1 Å². The van der Waals surface area contributed by atoms with Gasteiger partial charge in [0.1, 0.15) is 0 Å². The van der Waals surface area contributed by atoms with E-state index in [1.807, 2.05) is 0 Å². The second kappa shape index (κ2) is 6.31. The van der Waals surface area contributed by atoms with E-state index in [2.05, 4.69) is 15.7 Å². The van der Waals surface area contributed by atoms with Crippen molar-refractivity contribution in [1.29, 1.82) is 0 Å². The van der Waals surface area contributed by atoms with Gasteiger partial charge in [-0.1, -0.05) is 0 Å². The van der Waals surface area contributed by atoms with Gasteiger partial charge < -0.3 is 15.7 Å². The van der Waals surface area contributed by atoms with Crippen LogP contribution in [0.5, 0.6) is 0 Å². The summed E-state index contributed by atoms with van der Waals surface area (Å²) in [6.07, 6.45) is -0.409. The Hall–Kier alpha value is -1.67. The van der Waals surface area contributed by atoms with E-state index >= 15 is 0 Å². The van der Waals surface area contributed by atoms with Crippen LogP contribution in [0.25, 0.3) is 0 Å². The van der Waals surface area contributed by atoms with Crippen LogP contribution in [0.3, 0.4) is 0 Å². The summed E-state index contributed by atoms with van der Waals surface area (Å²) in [5, 5.41) is 18.7. The first-order chi connectivity index (χ1) is 8.43. The Morgan fingerprint density at radius 1 is 1.33 bits per heavy atom. The maximum absolute atomic E-state index is 11.7. The molecule has 1 unspecified atom stereocenters. The second-order valence-electron chi connectivity index (χ2n) is 4.10. The molecule has 0 fully saturated rings. The average molecular weight is 257 g/mol. The smallest absolute Gasteiger partial charge is 0.346 e. The molecule has 8 heteroatoms. The SMILES string of the molecule is CC(O)CNCCNc1nn(C)c(=O)n(C)c1=O.